The van der Waals surface area contributed by atoms with E-state index < -0.39 is 0 Å². The Bertz CT molecular complexity index is 482. The molecule has 2 aromatic rings. The number of ether oxygens (including phenoxy) is 1. The summed E-state index contributed by atoms with van der Waals surface area (Å²) in [4.78, 5) is 0. The quantitative estimate of drug-likeness (QED) is 0.573. The fourth-order valence-electron chi connectivity index (χ4n) is 1.45. The van der Waals surface area contributed by atoms with Gasteiger partial charge in [0.15, 0.2) is 7.14 Å². The van der Waals surface area contributed by atoms with Crippen molar-refractivity contribution in [3.8, 4) is 5.75 Å². The van der Waals surface area contributed by atoms with Gasteiger partial charge in [0.05, 0.1) is 13.0 Å². The Balaban J connectivity index is 2.19. The molecule has 0 aliphatic carbocycles. The first-order chi connectivity index (χ1) is 8.33. The van der Waals surface area contributed by atoms with Crippen LogP contribution in [0, 0.1) is 7.14 Å². The minimum absolute atomic E-state index is 0.157. The molecule has 0 aliphatic rings. The molecule has 0 spiro atoms. The summed E-state index contributed by atoms with van der Waals surface area (Å²) in [6.07, 6.45) is 0. The van der Waals surface area contributed by atoms with Crippen LogP contribution in [0.15, 0.2) is 48.5 Å². The van der Waals surface area contributed by atoms with Crippen molar-refractivity contribution in [3.05, 3.63) is 61.2 Å². The van der Waals surface area contributed by atoms with Gasteiger partial charge in [0.2, 0.25) is 0 Å². The van der Waals surface area contributed by atoms with Crippen molar-refractivity contribution < 1.29 is 25.9 Å². The Morgan fingerprint density at radius 1 is 1.06 bits per heavy atom. The Morgan fingerprint density at radius 2 is 1.76 bits per heavy atom. The largest absolute Gasteiger partial charge is 0.497 e. The number of hydrogen-bond donors (Lipinski definition) is 0. The van der Waals surface area contributed by atoms with E-state index in [0.717, 1.165) is 5.75 Å². The highest BCUT2D eigenvalue weighted by atomic mass is 127. The lowest BCUT2D eigenvalue weighted by molar-refractivity contribution is -0.598. The highest BCUT2D eigenvalue weighted by Gasteiger charge is 2.18. The predicted octanol–water partition coefficient (Wildman–Crippen LogP) is 0.562. The van der Waals surface area contributed by atoms with E-state index in [9.17, 15) is 0 Å². The maximum atomic E-state index is 5.94. The van der Waals surface area contributed by atoms with Crippen LogP contribution in [0.4, 0.5) is 0 Å². The molecule has 0 aliphatic heterocycles. The van der Waals surface area contributed by atoms with Crippen molar-refractivity contribution >= 4 is 11.6 Å². The SMILES string of the molecule is COc1ccc([I+]c2ccccc2CCl)cc1. The van der Waals surface area contributed by atoms with Crippen LogP contribution < -0.4 is 25.9 Å². The molecule has 0 N–H and O–H groups in total. The molecule has 2 rings (SSSR count). The normalized spacial score (nSPS) is 10.2. The predicted molar refractivity (Wildman–Crippen MR) is 66.4 cm³/mol. The van der Waals surface area contributed by atoms with E-state index in [1.807, 2.05) is 18.2 Å². The summed E-state index contributed by atoms with van der Waals surface area (Å²) in [5, 5.41) is 0. The third-order valence-electron chi connectivity index (χ3n) is 2.36. The van der Waals surface area contributed by atoms with E-state index in [1.54, 1.807) is 7.11 Å². The Kier molecular flexibility index (Phi) is 4.68. The van der Waals surface area contributed by atoms with Gasteiger partial charge in [-0.2, -0.15) is 0 Å². The second-order valence-corrected chi connectivity index (χ2v) is 6.69. The first kappa shape index (κ1) is 12.7. The van der Waals surface area contributed by atoms with Crippen molar-refractivity contribution in [2.24, 2.45) is 0 Å². The van der Waals surface area contributed by atoms with Crippen LogP contribution in [0.25, 0.3) is 0 Å². The number of rotatable bonds is 4. The third kappa shape index (κ3) is 3.36. The molecule has 0 atom stereocenters. The standard InChI is InChI=1S/C14H13ClIO/c1-17-13-8-6-12(7-9-13)16-14-5-3-2-4-11(14)10-15/h2-9H,10H2,1H3/q+1. The van der Waals surface area contributed by atoms with E-state index >= 15 is 0 Å². The van der Waals surface area contributed by atoms with Crippen LogP contribution in [-0.4, -0.2) is 7.11 Å². The van der Waals surface area contributed by atoms with Gasteiger partial charge in [0, 0.05) is 5.56 Å². The zero-order valence-electron chi connectivity index (χ0n) is 9.49. The molecule has 0 aromatic heterocycles. The molecule has 1 nitrogen and oxygen atoms in total. The first-order valence-electron chi connectivity index (χ1n) is 5.26. The van der Waals surface area contributed by atoms with Gasteiger partial charge in [0.25, 0.3) is 0 Å². The molecule has 0 unspecified atom stereocenters. The molecule has 0 radical (unpaired) electrons. The summed E-state index contributed by atoms with van der Waals surface area (Å²) in [5.41, 5.74) is 1.25. The maximum Gasteiger partial charge on any atom is 0.358 e. The molecular weight excluding hydrogens is 347 g/mol. The lowest BCUT2D eigenvalue weighted by Crippen LogP contribution is -3.61. The fraction of sp³-hybridized carbons (Fsp3) is 0.143. The number of methoxy groups -OCH3 is 1. The van der Waals surface area contributed by atoms with Crippen molar-refractivity contribution in [2.45, 2.75) is 5.88 Å². The van der Waals surface area contributed by atoms with Crippen LogP contribution in [0.2, 0.25) is 0 Å². The highest BCUT2D eigenvalue weighted by Crippen LogP contribution is 2.06. The minimum Gasteiger partial charge on any atom is -0.497 e. The van der Waals surface area contributed by atoms with Crippen LogP contribution >= 0.6 is 11.6 Å². The van der Waals surface area contributed by atoms with Crippen molar-refractivity contribution in [1.82, 2.24) is 0 Å². The molecule has 88 valence electrons. The van der Waals surface area contributed by atoms with Gasteiger partial charge in [-0.1, -0.05) is 18.2 Å². The zero-order valence-corrected chi connectivity index (χ0v) is 12.4. The number of halogens is 2. The second-order valence-electron chi connectivity index (χ2n) is 3.48. The summed E-state index contributed by atoms with van der Waals surface area (Å²) < 4.78 is 7.93. The van der Waals surface area contributed by atoms with Gasteiger partial charge in [-0.05, 0) is 30.3 Å². The number of hydrogen-bond acceptors (Lipinski definition) is 1. The lowest BCUT2D eigenvalue weighted by atomic mass is 10.2. The monoisotopic (exact) mass is 359 g/mol. The number of alkyl halides is 1. The van der Waals surface area contributed by atoms with Crippen molar-refractivity contribution in [2.75, 3.05) is 7.11 Å². The Hall–Kier alpha value is -0.740. The summed E-state index contributed by atoms with van der Waals surface area (Å²) in [6, 6.07) is 16.7. The second kappa shape index (κ2) is 6.26. The molecule has 17 heavy (non-hydrogen) atoms. The van der Waals surface area contributed by atoms with Crippen molar-refractivity contribution in [3.63, 3.8) is 0 Å². The fourth-order valence-corrected chi connectivity index (χ4v) is 4.40. The maximum absolute atomic E-state index is 5.94. The van der Waals surface area contributed by atoms with E-state index in [-0.39, 0.29) is 21.2 Å². The van der Waals surface area contributed by atoms with E-state index in [0.29, 0.717) is 5.88 Å². The summed E-state index contributed by atoms with van der Waals surface area (Å²) in [7, 11) is 1.69. The average molecular weight is 360 g/mol. The smallest absolute Gasteiger partial charge is 0.358 e. The summed E-state index contributed by atoms with van der Waals surface area (Å²) >= 11 is 5.79. The van der Waals surface area contributed by atoms with Gasteiger partial charge in [-0.25, -0.2) is 0 Å². The van der Waals surface area contributed by atoms with Crippen molar-refractivity contribution in [1.29, 1.82) is 0 Å². The number of benzene rings is 2. The molecule has 0 amide bonds. The highest BCUT2D eigenvalue weighted by molar-refractivity contribution is 6.17. The molecular formula is C14H13ClIO+. The van der Waals surface area contributed by atoms with E-state index in [2.05, 4.69) is 30.3 Å². The first-order valence-corrected chi connectivity index (χ1v) is 7.95. The van der Waals surface area contributed by atoms with Gasteiger partial charge < -0.3 is 4.74 Å². The molecule has 2 aromatic carbocycles. The third-order valence-corrected chi connectivity index (χ3v) is 5.63. The zero-order chi connectivity index (χ0) is 12.1. The molecule has 0 saturated heterocycles. The van der Waals surface area contributed by atoms with Gasteiger partial charge in [-0.15, -0.1) is 11.6 Å². The van der Waals surface area contributed by atoms with E-state index in [4.69, 9.17) is 16.3 Å². The van der Waals surface area contributed by atoms with Gasteiger partial charge in [0.1, 0.15) is 5.75 Å². The van der Waals surface area contributed by atoms with Crippen LogP contribution in [0.3, 0.4) is 0 Å². The molecule has 0 fully saturated rings. The molecule has 3 heteroatoms. The average Bonchev–Trinajstić information content (AvgIpc) is 2.40. The Labute approximate surface area is 117 Å². The van der Waals surface area contributed by atoms with Gasteiger partial charge >= 0.3 is 21.2 Å². The summed E-state index contributed by atoms with van der Waals surface area (Å²) in [6.45, 7) is 0. The topological polar surface area (TPSA) is 9.23 Å². The lowest BCUT2D eigenvalue weighted by Gasteiger charge is -1.97. The minimum atomic E-state index is -0.157. The Morgan fingerprint density at radius 3 is 2.41 bits per heavy atom. The molecule has 0 heterocycles. The molecule has 0 saturated carbocycles. The van der Waals surface area contributed by atoms with Crippen LogP contribution in [0.1, 0.15) is 5.56 Å². The van der Waals surface area contributed by atoms with Crippen LogP contribution in [-0.2, 0) is 5.88 Å². The van der Waals surface area contributed by atoms with E-state index in [1.165, 1.54) is 12.7 Å². The molecule has 0 bridgehead atoms. The van der Waals surface area contributed by atoms with Crippen LogP contribution in [0.5, 0.6) is 5.75 Å². The van der Waals surface area contributed by atoms with Gasteiger partial charge in [-0.3, -0.25) is 0 Å². The summed E-state index contributed by atoms with van der Waals surface area (Å²) in [5.74, 6) is 1.50.